The van der Waals surface area contributed by atoms with E-state index < -0.39 is 0 Å². The molecule has 3 unspecified atom stereocenters. The van der Waals surface area contributed by atoms with Crippen molar-refractivity contribution in [3.8, 4) is 0 Å². The first kappa shape index (κ1) is 12.4. The van der Waals surface area contributed by atoms with E-state index in [2.05, 4.69) is 12.2 Å². The lowest BCUT2D eigenvalue weighted by Gasteiger charge is -2.37. The number of nitrogens with one attached hydrogen (secondary N) is 1. The van der Waals surface area contributed by atoms with E-state index in [1.54, 1.807) is 0 Å². The van der Waals surface area contributed by atoms with Crippen molar-refractivity contribution in [1.29, 1.82) is 0 Å². The maximum Gasteiger partial charge on any atom is 0.245 e. The second-order valence-electron chi connectivity index (χ2n) is 5.06. The van der Waals surface area contributed by atoms with Crippen molar-refractivity contribution in [2.45, 2.75) is 44.7 Å². The Kier molecular flexibility index (Phi) is 3.66. The third-order valence-electron chi connectivity index (χ3n) is 3.92. The van der Waals surface area contributed by atoms with Gasteiger partial charge in [0.1, 0.15) is 6.04 Å². The molecule has 2 amide bonds. The van der Waals surface area contributed by atoms with Crippen LogP contribution in [0.3, 0.4) is 0 Å². The van der Waals surface area contributed by atoms with Gasteiger partial charge in [0.25, 0.3) is 0 Å². The first-order valence-corrected chi connectivity index (χ1v) is 6.45. The largest absolute Gasteiger partial charge is 0.344 e. The van der Waals surface area contributed by atoms with Gasteiger partial charge in [0.2, 0.25) is 11.8 Å². The minimum absolute atomic E-state index is 0.0101. The van der Waals surface area contributed by atoms with Crippen molar-refractivity contribution < 1.29 is 9.59 Å². The van der Waals surface area contributed by atoms with Gasteiger partial charge in [0, 0.05) is 25.6 Å². The smallest absolute Gasteiger partial charge is 0.245 e. The molecule has 2 fully saturated rings. The lowest BCUT2D eigenvalue weighted by Crippen LogP contribution is -2.53. The molecule has 0 aliphatic carbocycles. The summed E-state index contributed by atoms with van der Waals surface area (Å²) in [6, 6.07) is -0.0865. The van der Waals surface area contributed by atoms with Gasteiger partial charge in [-0.2, -0.15) is 0 Å². The summed E-state index contributed by atoms with van der Waals surface area (Å²) in [7, 11) is 0. The fourth-order valence-electron chi connectivity index (χ4n) is 2.70. The highest BCUT2D eigenvalue weighted by atomic mass is 16.2. The topological polar surface area (TPSA) is 75.4 Å². The van der Waals surface area contributed by atoms with Gasteiger partial charge >= 0.3 is 0 Å². The Labute approximate surface area is 102 Å². The zero-order valence-electron chi connectivity index (χ0n) is 10.3. The van der Waals surface area contributed by atoms with E-state index in [4.69, 9.17) is 5.73 Å². The quantitative estimate of drug-likeness (QED) is 0.703. The second kappa shape index (κ2) is 5.04. The summed E-state index contributed by atoms with van der Waals surface area (Å²) < 4.78 is 0. The molecular formula is C12H21N3O2. The first-order valence-electron chi connectivity index (χ1n) is 6.45. The highest BCUT2D eigenvalue weighted by Gasteiger charge is 2.34. The zero-order chi connectivity index (χ0) is 12.4. The van der Waals surface area contributed by atoms with Crippen molar-refractivity contribution >= 4 is 11.8 Å². The number of amides is 2. The molecule has 2 aliphatic heterocycles. The molecule has 0 radical (unpaired) electrons. The van der Waals surface area contributed by atoms with Crippen LogP contribution in [0.5, 0.6) is 0 Å². The SMILES string of the molecule is CCC1CN(C(=O)C2CCC(=O)N2)CCC1N. The third-order valence-corrected chi connectivity index (χ3v) is 3.92. The number of hydrogen-bond acceptors (Lipinski definition) is 3. The van der Waals surface area contributed by atoms with E-state index in [0.29, 0.717) is 18.8 Å². The predicted molar refractivity (Wildman–Crippen MR) is 64.1 cm³/mol. The minimum Gasteiger partial charge on any atom is -0.344 e. The fourth-order valence-corrected chi connectivity index (χ4v) is 2.70. The monoisotopic (exact) mass is 239 g/mol. The van der Waals surface area contributed by atoms with E-state index in [-0.39, 0.29) is 23.9 Å². The maximum atomic E-state index is 12.2. The normalized spacial score (nSPS) is 33.6. The van der Waals surface area contributed by atoms with Gasteiger partial charge < -0.3 is 16.0 Å². The Bertz CT molecular complexity index is 319. The summed E-state index contributed by atoms with van der Waals surface area (Å²) in [5, 5.41) is 2.73. The number of nitrogens with zero attached hydrogens (tertiary/aromatic N) is 1. The fraction of sp³-hybridized carbons (Fsp3) is 0.833. The molecule has 2 saturated heterocycles. The van der Waals surface area contributed by atoms with Crippen molar-refractivity contribution in [3.63, 3.8) is 0 Å². The molecule has 2 heterocycles. The van der Waals surface area contributed by atoms with Crippen LogP contribution in [0, 0.1) is 5.92 Å². The molecule has 96 valence electrons. The van der Waals surface area contributed by atoms with Gasteiger partial charge in [0.15, 0.2) is 0 Å². The summed E-state index contributed by atoms with van der Waals surface area (Å²) in [6.07, 6.45) is 2.98. The molecule has 0 spiro atoms. The van der Waals surface area contributed by atoms with Crippen LogP contribution in [0.2, 0.25) is 0 Å². The minimum atomic E-state index is -0.297. The molecule has 0 aromatic carbocycles. The summed E-state index contributed by atoms with van der Waals surface area (Å²) in [5.41, 5.74) is 6.02. The zero-order valence-corrected chi connectivity index (χ0v) is 10.3. The van der Waals surface area contributed by atoms with Crippen LogP contribution in [0.15, 0.2) is 0 Å². The van der Waals surface area contributed by atoms with Crippen LogP contribution in [-0.2, 0) is 9.59 Å². The Morgan fingerprint density at radius 1 is 1.53 bits per heavy atom. The molecule has 2 rings (SSSR count). The molecule has 17 heavy (non-hydrogen) atoms. The average molecular weight is 239 g/mol. The van der Waals surface area contributed by atoms with E-state index in [9.17, 15) is 9.59 Å². The summed E-state index contributed by atoms with van der Waals surface area (Å²) in [6.45, 7) is 3.57. The van der Waals surface area contributed by atoms with Crippen molar-refractivity contribution in [2.24, 2.45) is 11.7 Å². The van der Waals surface area contributed by atoms with Gasteiger partial charge in [0.05, 0.1) is 0 Å². The molecule has 5 nitrogen and oxygen atoms in total. The Hall–Kier alpha value is -1.10. The van der Waals surface area contributed by atoms with Gasteiger partial charge in [-0.1, -0.05) is 13.3 Å². The lowest BCUT2D eigenvalue weighted by atomic mass is 9.90. The predicted octanol–water partition coefficient (Wildman–Crippen LogP) is -0.149. The van der Waals surface area contributed by atoms with Crippen molar-refractivity contribution in [3.05, 3.63) is 0 Å². The van der Waals surface area contributed by atoms with Gasteiger partial charge in [-0.15, -0.1) is 0 Å². The second-order valence-corrected chi connectivity index (χ2v) is 5.06. The molecule has 3 atom stereocenters. The molecule has 3 N–H and O–H groups in total. The number of likely N-dealkylation sites (tertiary alicyclic amines) is 1. The van der Waals surface area contributed by atoms with Gasteiger partial charge in [-0.05, 0) is 18.8 Å². The standard InChI is InChI=1S/C12H21N3O2/c1-2-8-7-15(6-5-9(8)13)12(17)10-3-4-11(16)14-10/h8-10H,2-7,13H2,1H3,(H,14,16). The Morgan fingerprint density at radius 2 is 2.29 bits per heavy atom. The van der Waals surface area contributed by atoms with E-state index in [1.807, 2.05) is 4.90 Å². The highest BCUT2D eigenvalue weighted by Crippen LogP contribution is 2.20. The number of carbonyl (C=O) groups is 2. The highest BCUT2D eigenvalue weighted by molar-refractivity contribution is 5.90. The number of nitrogens with two attached hydrogens (primary N) is 1. The summed E-state index contributed by atoms with van der Waals surface area (Å²) in [5.74, 6) is 0.454. The first-order chi connectivity index (χ1) is 8.11. The average Bonchev–Trinajstić information content (AvgIpc) is 2.75. The number of piperidine rings is 1. The maximum absolute atomic E-state index is 12.2. The van der Waals surface area contributed by atoms with E-state index in [0.717, 1.165) is 25.9 Å². The molecule has 0 aromatic heterocycles. The van der Waals surface area contributed by atoms with Crippen LogP contribution in [0.4, 0.5) is 0 Å². The number of rotatable bonds is 2. The lowest BCUT2D eigenvalue weighted by molar-refractivity contribution is -0.136. The van der Waals surface area contributed by atoms with Crippen molar-refractivity contribution in [1.82, 2.24) is 10.2 Å². The van der Waals surface area contributed by atoms with Crippen LogP contribution in [0.25, 0.3) is 0 Å². The molecule has 0 saturated carbocycles. The third kappa shape index (κ3) is 2.60. The summed E-state index contributed by atoms with van der Waals surface area (Å²) in [4.78, 5) is 25.2. The molecule has 0 bridgehead atoms. The van der Waals surface area contributed by atoms with Gasteiger partial charge in [-0.3, -0.25) is 9.59 Å². The number of hydrogen-bond donors (Lipinski definition) is 2. The molecule has 5 heteroatoms. The summed E-state index contributed by atoms with van der Waals surface area (Å²) >= 11 is 0. The van der Waals surface area contributed by atoms with Crippen LogP contribution in [0.1, 0.15) is 32.6 Å². The van der Waals surface area contributed by atoms with E-state index >= 15 is 0 Å². The van der Waals surface area contributed by atoms with E-state index in [1.165, 1.54) is 0 Å². The Morgan fingerprint density at radius 3 is 2.88 bits per heavy atom. The van der Waals surface area contributed by atoms with Gasteiger partial charge in [-0.25, -0.2) is 0 Å². The van der Waals surface area contributed by atoms with Crippen LogP contribution >= 0.6 is 0 Å². The molecule has 2 aliphatic rings. The number of carbonyl (C=O) groups excluding carboxylic acids is 2. The molecule has 0 aromatic rings. The van der Waals surface area contributed by atoms with Crippen LogP contribution < -0.4 is 11.1 Å². The van der Waals surface area contributed by atoms with Crippen molar-refractivity contribution in [2.75, 3.05) is 13.1 Å². The molecular weight excluding hydrogens is 218 g/mol. The Balaban J connectivity index is 1.94. The van der Waals surface area contributed by atoms with Crippen LogP contribution in [-0.4, -0.2) is 41.9 Å².